The summed E-state index contributed by atoms with van der Waals surface area (Å²) in [5.41, 5.74) is 6.51. The molecule has 0 aliphatic carbocycles. The first-order valence-electron chi connectivity index (χ1n) is 4.58. The van der Waals surface area contributed by atoms with Crippen molar-refractivity contribution in [2.24, 2.45) is 5.73 Å². The van der Waals surface area contributed by atoms with E-state index in [-0.39, 0.29) is 6.10 Å². The van der Waals surface area contributed by atoms with E-state index < -0.39 is 0 Å². The van der Waals surface area contributed by atoms with Crippen LogP contribution in [0.25, 0.3) is 0 Å². The van der Waals surface area contributed by atoms with Crippen molar-refractivity contribution in [3.8, 4) is 5.88 Å². The highest BCUT2D eigenvalue weighted by Gasteiger charge is 2.05. The first-order chi connectivity index (χ1) is 6.27. The predicted octanol–water partition coefficient (Wildman–Crippen LogP) is 1.72. The molecule has 0 aliphatic rings. The Kier molecular flexibility index (Phi) is 3.71. The van der Waals surface area contributed by atoms with E-state index in [2.05, 4.69) is 11.9 Å². The fraction of sp³-hybridized carbons (Fsp3) is 0.500. The Labute approximate surface area is 78.9 Å². The lowest BCUT2D eigenvalue weighted by Crippen LogP contribution is -2.13. The summed E-state index contributed by atoms with van der Waals surface area (Å²) >= 11 is 0. The molecule has 3 nitrogen and oxygen atoms in total. The maximum absolute atomic E-state index is 5.59. The third-order valence-electron chi connectivity index (χ3n) is 1.96. The molecule has 72 valence electrons. The molecule has 0 bridgehead atoms. The first kappa shape index (κ1) is 9.99. The maximum atomic E-state index is 5.59. The number of nitrogens with zero attached hydrogens (tertiary/aromatic N) is 1. The van der Waals surface area contributed by atoms with E-state index in [0.717, 1.165) is 12.0 Å². The summed E-state index contributed by atoms with van der Waals surface area (Å²) in [6.07, 6.45) is 2.89. The molecule has 0 fully saturated rings. The minimum atomic E-state index is 0.195. The minimum Gasteiger partial charge on any atom is -0.474 e. The monoisotopic (exact) mass is 180 g/mol. The second kappa shape index (κ2) is 4.82. The zero-order chi connectivity index (χ0) is 9.68. The molecule has 1 atom stereocenters. The van der Waals surface area contributed by atoms with Gasteiger partial charge in [-0.2, -0.15) is 0 Å². The van der Waals surface area contributed by atoms with Gasteiger partial charge in [0.15, 0.2) is 0 Å². The van der Waals surface area contributed by atoms with Crippen molar-refractivity contribution in [1.29, 1.82) is 0 Å². The molecule has 0 aromatic carbocycles. The van der Waals surface area contributed by atoms with E-state index in [9.17, 15) is 0 Å². The van der Waals surface area contributed by atoms with Crippen molar-refractivity contribution in [3.63, 3.8) is 0 Å². The van der Waals surface area contributed by atoms with Crippen LogP contribution in [0.3, 0.4) is 0 Å². The van der Waals surface area contributed by atoms with Crippen molar-refractivity contribution in [3.05, 3.63) is 23.9 Å². The van der Waals surface area contributed by atoms with E-state index in [1.807, 2.05) is 19.1 Å². The van der Waals surface area contributed by atoms with Gasteiger partial charge in [-0.25, -0.2) is 4.98 Å². The quantitative estimate of drug-likeness (QED) is 0.767. The number of nitrogens with two attached hydrogens (primary N) is 1. The standard InChI is InChI=1S/C10H16N2O/c1-3-8(2)13-10-9(7-11)5-4-6-12-10/h4-6,8H,3,7,11H2,1-2H3. The molecule has 1 heterocycles. The average Bonchev–Trinajstić information content (AvgIpc) is 2.18. The molecule has 1 aromatic rings. The van der Waals surface area contributed by atoms with Gasteiger partial charge in [-0.1, -0.05) is 13.0 Å². The summed E-state index contributed by atoms with van der Waals surface area (Å²) in [5, 5.41) is 0. The van der Waals surface area contributed by atoms with E-state index in [4.69, 9.17) is 10.5 Å². The van der Waals surface area contributed by atoms with Crippen LogP contribution in [0.4, 0.5) is 0 Å². The van der Waals surface area contributed by atoms with Crippen molar-refractivity contribution < 1.29 is 4.74 Å². The molecular weight excluding hydrogens is 164 g/mol. The van der Waals surface area contributed by atoms with Gasteiger partial charge in [0, 0.05) is 18.3 Å². The highest BCUT2D eigenvalue weighted by atomic mass is 16.5. The Balaban J connectivity index is 2.74. The van der Waals surface area contributed by atoms with Crippen LogP contribution in [0, 0.1) is 0 Å². The van der Waals surface area contributed by atoms with Gasteiger partial charge in [-0.15, -0.1) is 0 Å². The van der Waals surface area contributed by atoms with Gasteiger partial charge in [-0.3, -0.25) is 0 Å². The molecule has 0 saturated carbocycles. The van der Waals surface area contributed by atoms with Gasteiger partial charge in [0.05, 0.1) is 6.10 Å². The molecule has 1 aromatic heterocycles. The van der Waals surface area contributed by atoms with Crippen LogP contribution in [-0.2, 0) is 6.54 Å². The van der Waals surface area contributed by atoms with Crippen LogP contribution in [0.15, 0.2) is 18.3 Å². The van der Waals surface area contributed by atoms with Gasteiger partial charge in [0.2, 0.25) is 5.88 Å². The lowest BCUT2D eigenvalue weighted by molar-refractivity contribution is 0.206. The summed E-state index contributed by atoms with van der Waals surface area (Å²) in [4.78, 5) is 4.14. The fourth-order valence-electron chi connectivity index (χ4n) is 0.959. The summed E-state index contributed by atoms with van der Waals surface area (Å²) < 4.78 is 5.59. The molecule has 0 aliphatic heterocycles. The maximum Gasteiger partial charge on any atom is 0.218 e. The average molecular weight is 180 g/mol. The number of hydrogen-bond acceptors (Lipinski definition) is 3. The predicted molar refractivity (Wildman–Crippen MR) is 52.5 cm³/mol. The molecule has 0 saturated heterocycles. The molecule has 0 spiro atoms. The highest BCUT2D eigenvalue weighted by molar-refractivity contribution is 5.25. The molecular formula is C10H16N2O. The zero-order valence-corrected chi connectivity index (χ0v) is 8.16. The molecule has 0 amide bonds. The molecule has 3 heteroatoms. The fourth-order valence-corrected chi connectivity index (χ4v) is 0.959. The normalized spacial score (nSPS) is 12.5. The van der Waals surface area contributed by atoms with Gasteiger partial charge in [0.1, 0.15) is 0 Å². The molecule has 13 heavy (non-hydrogen) atoms. The van der Waals surface area contributed by atoms with Crippen LogP contribution >= 0.6 is 0 Å². The van der Waals surface area contributed by atoms with E-state index in [1.165, 1.54) is 0 Å². The van der Waals surface area contributed by atoms with Gasteiger partial charge >= 0.3 is 0 Å². The Morgan fingerprint density at radius 2 is 2.38 bits per heavy atom. The summed E-state index contributed by atoms with van der Waals surface area (Å²) in [7, 11) is 0. The topological polar surface area (TPSA) is 48.1 Å². The number of ether oxygens (including phenoxy) is 1. The number of pyridine rings is 1. The number of hydrogen-bond donors (Lipinski definition) is 1. The largest absolute Gasteiger partial charge is 0.474 e. The summed E-state index contributed by atoms with van der Waals surface area (Å²) in [6, 6.07) is 3.80. The van der Waals surface area contributed by atoms with E-state index in [0.29, 0.717) is 12.4 Å². The second-order valence-electron chi connectivity index (χ2n) is 3.01. The molecule has 1 rings (SSSR count). The van der Waals surface area contributed by atoms with Gasteiger partial charge in [-0.05, 0) is 19.4 Å². The summed E-state index contributed by atoms with van der Waals surface area (Å²) in [6.45, 7) is 4.57. The van der Waals surface area contributed by atoms with Crippen molar-refractivity contribution >= 4 is 0 Å². The van der Waals surface area contributed by atoms with Crippen LogP contribution in [0.1, 0.15) is 25.8 Å². The molecule has 1 unspecified atom stereocenters. The zero-order valence-electron chi connectivity index (χ0n) is 8.16. The minimum absolute atomic E-state index is 0.195. The van der Waals surface area contributed by atoms with Crippen LogP contribution < -0.4 is 10.5 Å². The van der Waals surface area contributed by atoms with Gasteiger partial charge < -0.3 is 10.5 Å². The Morgan fingerprint density at radius 1 is 1.62 bits per heavy atom. The summed E-state index contributed by atoms with van der Waals surface area (Å²) in [5.74, 6) is 0.666. The van der Waals surface area contributed by atoms with Crippen molar-refractivity contribution in [2.75, 3.05) is 0 Å². The smallest absolute Gasteiger partial charge is 0.218 e. The third kappa shape index (κ3) is 2.70. The third-order valence-corrected chi connectivity index (χ3v) is 1.96. The Bertz CT molecular complexity index is 263. The number of rotatable bonds is 4. The van der Waals surface area contributed by atoms with Crippen molar-refractivity contribution in [2.45, 2.75) is 32.9 Å². The molecule has 0 radical (unpaired) electrons. The Hall–Kier alpha value is -1.09. The van der Waals surface area contributed by atoms with E-state index in [1.54, 1.807) is 6.20 Å². The van der Waals surface area contributed by atoms with E-state index >= 15 is 0 Å². The second-order valence-corrected chi connectivity index (χ2v) is 3.01. The van der Waals surface area contributed by atoms with Crippen LogP contribution in [-0.4, -0.2) is 11.1 Å². The van der Waals surface area contributed by atoms with Crippen LogP contribution in [0.5, 0.6) is 5.88 Å². The first-order valence-corrected chi connectivity index (χ1v) is 4.58. The number of aromatic nitrogens is 1. The van der Waals surface area contributed by atoms with Crippen molar-refractivity contribution in [1.82, 2.24) is 4.98 Å². The Morgan fingerprint density at radius 3 is 3.00 bits per heavy atom. The van der Waals surface area contributed by atoms with Crippen LogP contribution in [0.2, 0.25) is 0 Å². The lowest BCUT2D eigenvalue weighted by atomic mass is 10.2. The highest BCUT2D eigenvalue weighted by Crippen LogP contribution is 2.15. The lowest BCUT2D eigenvalue weighted by Gasteiger charge is -2.13. The SMILES string of the molecule is CCC(C)Oc1ncccc1CN. The molecule has 2 N–H and O–H groups in total. The van der Waals surface area contributed by atoms with Gasteiger partial charge in [0.25, 0.3) is 0 Å².